The average Bonchev–Trinajstić information content (AvgIpc) is 3.30. The summed E-state index contributed by atoms with van der Waals surface area (Å²) >= 11 is 5.92. The van der Waals surface area contributed by atoms with E-state index in [0.717, 1.165) is 37.5 Å². The highest BCUT2D eigenvalue weighted by atomic mass is 35.5. The SMILES string of the molecule is CCC1(C)CNC(C2CC2)CN1Cc1ccc(F)c(Cl)c1. The molecule has 1 saturated heterocycles. The Morgan fingerprint density at radius 3 is 2.81 bits per heavy atom. The monoisotopic (exact) mass is 310 g/mol. The lowest BCUT2D eigenvalue weighted by Gasteiger charge is -2.48. The summed E-state index contributed by atoms with van der Waals surface area (Å²) in [5.74, 6) is 0.514. The van der Waals surface area contributed by atoms with Gasteiger partial charge < -0.3 is 5.32 Å². The van der Waals surface area contributed by atoms with E-state index in [0.29, 0.717) is 6.04 Å². The summed E-state index contributed by atoms with van der Waals surface area (Å²) in [5.41, 5.74) is 1.25. The van der Waals surface area contributed by atoms with Crippen LogP contribution in [0.15, 0.2) is 18.2 Å². The zero-order valence-electron chi connectivity index (χ0n) is 12.8. The molecular weight excluding hydrogens is 287 g/mol. The number of hydrogen-bond acceptors (Lipinski definition) is 2. The molecule has 1 aromatic carbocycles. The standard InChI is InChI=1S/C17H24ClFN2/c1-3-17(2)11-20-16(13-5-6-13)10-21(17)9-12-4-7-15(19)14(18)8-12/h4,7-8,13,16,20H,3,5-6,9-11H2,1-2H3. The summed E-state index contributed by atoms with van der Waals surface area (Å²) in [6.07, 6.45) is 3.82. The number of nitrogens with one attached hydrogen (secondary N) is 1. The number of rotatable bonds is 4. The lowest BCUT2D eigenvalue weighted by Crippen LogP contribution is -2.63. The highest BCUT2D eigenvalue weighted by molar-refractivity contribution is 6.30. The molecule has 1 saturated carbocycles. The molecule has 2 aliphatic rings. The predicted molar refractivity (Wildman–Crippen MR) is 85.0 cm³/mol. The first-order valence-corrected chi connectivity index (χ1v) is 8.32. The van der Waals surface area contributed by atoms with E-state index in [1.165, 1.54) is 18.9 Å². The van der Waals surface area contributed by atoms with E-state index in [9.17, 15) is 4.39 Å². The largest absolute Gasteiger partial charge is 0.311 e. The molecule has 1 aromatic rings. The van der Waals surface area contributed by atoms with Crippen molar-refractivity contribution in [1.82, 2.24) is 10.2 Å². The number of nitrogens with zero attached hydrogens (tertiary/aromatic N) is 1. The van der Waals surface area contributed by atoms with Crippen LogP contribution in [0.5, 0.6) is 0 Å². The molecule has 0 spiro atoms. The Bertz CT molecular complexity index is 518. The van der Waals surface area contributed by atoms with Crippen LogP contribution in [0.25, 0.3) is 0 Å². The molecule has 21 heavy (non-hydrogen) atoms. The third kappa shape index (κ3) is 3.25. The first kappa shape index (κ1) is 15.3. The highest BCUT2D eigenvalue weighted by Crippen LogP contribution is 2.37. The Kier molecular flexibility index (Phi) is 4.26. The van der Waals surface area contributed by atoms with Crippen molar-refractivity contribution in [1.29, 1.82) is 0 Å². The molecule has 2 unspecified atom stereocenters. The van der Waals surface area contributed by atoms with Gasteiger partial charge in [-0.05, 0) is 49.8 Å². The average molecular weight is 311 g/mol. The first-order chi connectivity index (χ1) is 10.0. The summed E-state index contributed by atoms with van der Waals surface area (Å²) in [5, 5.41) is 3.95. The van der Waals surface area contributed by atoms with Gasteiger partial charge in [-0.1, -0.05) is 24.6 Å². The molecule has 3 rings (SSSR count). The molecule has 1 heterocycles. The van der Waals surface area contributed by atoms with E-state index >= 15 is 0 Å². The Balaban J connectivity index is 1.76. The van der Waals surface area contributed by atoms with Gasteiger partial charge in [0.15, 0.2) is 0 Å². The van der Waals surface area contributed by atoms with Gasteiger partial charge in [0.1, 0.15) is 5.82 Å². The van der Waals surface area contributed by atoms with Gasteiger partial charge in [-0.2, -0.15) is 0 Å². The third-order valence-electron chi connectivity index (χ3n) is 5.24. The van der Waals surface area contributed by atoms with Crippen molar-refractivity contribution < 1.29 is 4.39 Å². The molecule has 0 bridgehead atoms. The fourth-order valence-corrected chi connectivity index (χ4v) is 3.47. The summed E-state index contributed by atoms with van der Waals surface area (Å²) in [7, 11) is 0. The second-order valence-electron chi connectivity index (χ2n) is 6.80. The lowest BCUT2D eigenvalue weighted by atomic mass is 9.90. The van der Waals surface area contributed by atoms with Gasteiger partial charge in [0.05, 0.1) is 5.02 Å². The van der Waals surface area contributed by atoms with Crippen LogP contribution >= 0.6 is 11.6 Å². The normalized spacial score (nSPS) is 30.6. The van der Waals surface area contributed by atoms with E-state index in [2.05, 4.69) is 24.1 Å². The summed E-state index contributed by atoms with van der Waals surface area (Å²) < 4.78 is 13.3. The van der Waals surface area contributed by atoms with Gasteiger partial charge in [-0.3, -0.25) is 4.90 Å². The fraction of sp³-hybridized carbons (Fsp3) is 0.647. The van der Waals surface area contributed by atoms with Crippen molar-refractivity contribution in [2.45, 2.75) is 51.2 Å². The molecule has 0 amide bonds. The molecule has 0 radical (unpaired) electrons. The number of piperazine rings is 1. The van der Waals surface area contributed by atoms with Crippen molar-refractivity contribution in [3.05, 3.63) is 34.6 Å². The molecule has 1 N–H and O–H groups in total. The van der Waals surface area contributed by atoms with Crippen molar-refractivity contribution in [2.24, 2.45) is 5.92 Å². The van der Waals surface area contributed by atoms with Crippen LogP contribution in [0.2, 0.25) is 5.02 Å². The van der Waals surface area contributed by atoms with Gasteiger partial charge >= 0.3 is 0 Å². The molecule has 1 aliphatic carbocycles. The number of benzene rings is 1. The molecular formula is C17H24ClFN2. The Morgan fingerprint density at radius 2 is 2.19 bits per heavy atom. The first-order valence-electron chi connectivity index (χ1n) is 7.94. The molecule has 4 heteroatoms. The smallest absolute Gasteiger partial charge is 0.141 e. The molecule has 2 nitrogen and oxygen atoms in total. The van der Waals surface area contributed by atoms with E-state index < -0.39 is 0 Å². The fourth-order valence-electron chi connectivity index (χ4n) is 3.26. The van der Waals surface area contributed by atoms with Crippen LogP contribution in [0, 0.1) is 11.7 Å². The van der Waals surface area contributed by atoms with Crippen LogP contribution in [0.1, 0.15) is 38.7 Å². The molecule has 116 valence electrons. The molecule has 0 aromatic heterocycles. The minimum absolute atomic E-state index is 0.159. The number of halogens is 2. The van der Waals surface area contributed by atoms with Gasteiger partial charge in [-0.15, -0.1) is 0 Å². The second kappa shape index (κ2) is 5.86. The maximum atomic E-state index is 13.3. The van der Waals surface area contributed by atoms with Crippen LogP contribution < -0.4 is 5.32 Å². The Labute approximate surface area is 131 Å². The Morgan fingerprint density at radius 1 is 1.43 bits per heavy atom. The van der Waals surface area contributed by atoms with E-state index in [-0.39, 0.29) is 16.4 Å². The molecule has 2 fully saturated rings. The van der Waals surface area contributed by atoms with Crippen LogP contribution in [-0.4, -0.2) is 29.6 Å². The zero-order chi connectivity index (χ0) is 15.0. The topological polar surface area (TPSA) is 15.3 Å². The molecule has 2 atom stereocenters. The third-order valence-corrected chi connectivity index (χ3v) is 5.53. The van der Waals surface area contributed by atoms with Gasteiger partial charge in [0.2, 0.25) is 0 Å². The van der Waals surface area contributed by atoms with Gasteiger partial charge in [0.25, 0.3) is 0 Å². The minimum Gasteiger partial charge on any atom is -0.311 e. The maximum absolute atomic E-state index is 13.3. The predicted octanol–water partition coefficient (Wildman–Crippen LogP) is 3.83. The second-order valence-corrected chi connectivity index (χ2v) is 7.21. The van der Waals surface area contributed by atoms with Crippen molar-refractivity contribution >= 4 is 11.6 Å². The highest BCUT2D eigenvalue weighted by Gasteiger charge is 2.41. The lowest BCUT2D eigenvalue weighted by molar-refractivity contribution is 0.0369. The Hall–Kier alpha value is -0.640. The van der Waals surface area contributed by atoms with Gasteiger partial charge in [0, 0.05) is 31.2 Å². The summed E-state index contributed by atoms with van der Waals surface area (Å²) in [6, 6.07) is 5.70. The summed E-state index contributed by atoms with van der Waals surface area (Å²) in [4.78, 5) is 2.55. The zero-order valence-corrected chi connectivity index (χ0v) is 13.6. The quantitative estimate of drug-likeness (QED) is 0.909. The maximum Gasteiger partial charge on any atom is 0.141 e. The van der Waals surface area contributed by atoms with Crippen molar-refractivity contribution in [3.63, 3.8) is 0 Å². The van der Waals surface area contributed by atoms with Crippen LogP contribution in [-0.2, 0) is 6.54 Å². The van der Waals surface area contributed by atoms with E-state index in [1.807, 2.05) is 6.07 Å². The minimum atomic E-state index is -0.338. The molecule has 1 aliphatic heterocycles. The summed E-state index contributed by atoms with van der Waals surface area (Å²) in [6.45, 7) is 7.50. The van der Waals surface area contributed by atoms with Gasteiger partial charge in [-0.25, -0.2) is 4.39 Å². The van der Waals surface area contributed by atoms with Crippen LogP contribution in [0.3, 0.4) is 0 Å². The van der Waals surface area contributed by atoms with E-state index in [4.69, 9.17) is 11.6 Å². The van der Waals surface area contributed by atoms with Crippen LogP contribution in [0.4, 0.5) is 4.39 Å². The van der Waals surface area contributed by atoms with Crippen molar-refractivity contribution in [3.8, 4) is 0 Å². The van der Waals surface area contributed by atoms with E-state index in [1.54, 1.807) is 6.07 Å². The van der Waals surface area contributed by atoms with Crippen molar-refractivity contribution in [2.75, 3.05) is 13.1 Å². The number of hydrogen-bond donors (Lipinski definition) is 1.